The van der Waals surface area contributed by atoms with Crippen molar-refractivity contribution in [2.24, 2.45) is 5.92 Å². The highest BCUT2D eigenvalue weighted by Gasteiger charge is 2.57. The number of methoxy groups -OCH3 is 1. The third-order valence-corrected chi connectivity index (χ3v) is 3.83. The lowest BCUT2D eigenvalue weighted by Crippen LogP contribution is -2.22. The summed E-state index contributed by atoms with van der Waals surface area (Å²) in [4.78, 5) is 16.2. The molecule has 2 fully saturated rings. The second-order valence-electron chi connectivity index (χ2n) is 5.24. The number of hydrogen-bond acceptors (Lipinski definition) is 6. The second kappa shape index (κ2) is 4.59. The zero-order chi connectivity index (χ0) is 13.5. The molecule has 104 valence electrons. The fraction of sp³-hybridized carbons (Fsp3) is 0.769. The normalized spacial score (nSPS) is 22.0. The van der Waals surface area contributed by atoms with Gasteiger partial charge in [0, 0.05) is 6.61 Å². The lowest BCUT2D eigenvalue weighted by molar-refractivity contribution is -0.144. The maximum atomic E-state index is 11.8. The molecule has 3 rings (SSSR count). The molecule has 0 aliphatic heterocycles. The van der Waals surface area contributed by atoms with Gasteiger partial charge in [-0.3, -0.25) is 4.79 Å². The molecular weight excluding hydrogens is 248 g/mol. The van der Waals surface area contributed by atoms with E-state index >= 15 is 0 Å². The molecule has 2 aliphatic rings. The van der Waals surface area contributed by atoms with Crippen LogP contribution in [0, 0.1) is 5.92 Å². The molecule has 1 unspecified atom stereocenters. The Bertz CT molecular complexity index is 477. The number of rotatable bonds is 6. The maximum absolute atomic E-state index is 11.8. The molecule has 1 heterocycles. The molecule has 0 amide bonds. The molecule has 1 atom stereocenters. The van der Waals surface area contributed by atoms with Crippen molar-refractivity contribution in [2.75, 3.05) is 13.7 Å². The Morgan fingerprint density at radius 1 is 1.53 bits per heavy atom. The average Bonchev–Trinajstić information content (AvgIpc) is 3.34. The summed E-state index contributed by atoms with van der Waals surface area (Å²) in [7, 11) is 1.38. The van der Waals surface area contributed by atoms with Crippen molar-refractivity contribution in [1.82, 2.24) is 10.1 Å². The first-order chi connectivity index (χ1) is 9.21. The number of ether oxygens (including phenoxy) is 2. The van der Waals surface area contributed by atoms with E-state index in [9.17, 15) is 4.79 Å². The van der Waals surface area contributed by atoms with Crippen molar-refractivity contribution in [3.8, 4) is 0 Å². The largest absolute Gasteiger partial charge is 0.468 e. The SMILES string of the molecule is CCOC(c1noc(C2(C(=O)OC)CC2)n1)C1CC1. The highest BCUT2D eigenvalue weighted by molar-refractivity contribution is 5.85. The average molecular weight is 266 g/mol. The summed E-state index contributed by atoms with van der Waals surface area (Å²) in [6, 6.07) is 0. The number of carbonyl (C=O) groups excluding carboxylic acids is 1. The molecule has 6 heteroatoms. The van der Waals surface area contributed by atoms with Crippen LogP contribution in [0.4, 0.5) is 0 Å². The van der Waals surface area contributed by atoms with Crippen molar-refractivity contribution in [3.05, 3.63) is 11.7 Å². The predicted octanol–water partition coefficient (Wildman–Crippen LogP) is 1.76. The predicted molar refractivity (Wildman–Crippen MR) is 64.3 cm³/mol. The Morgan fingerprint density at radius 3 is 2.79 bits per heavy atom. The van der Waals surface area contributed by atoms with E-state index < -0.39 is 5.41 Å². The van der Waals surface area contributed by atoms with Crippen molar-refractivity contribution < 1.29 is 18.8 Å². The molecule has 0 spiro atoms. The molecule has 19 heavy (non-hydrogen) atoms. The van der Waals surface area contributed by atoms with Crippen LogP contribution in [0.25, 0.3) is 0 Å². The topological polar surface area (TPSA) is 74.5 Å². The quantitative estimate of drug-likeness (QED) is 0.730. The summed E-state index contributed by atoms with van der Waals surface area (Å²) in [6.07, 6.45) is 3.59. The summed E-state index contributed by atoms with van der Waals surface area (Å²) in [5, 5.41) is 4.00. The molecule has 6 nitrogen and oxygen atoms in total. The minimum Gasteiger partial charge on any atom is -0.468 e. The van der Waals surface area contributed by atoms with Gasteiger partial charge in [-0.05, 0) is 38.5 Å². The smallest absolute Gasteiger partial charge is 0.321 e. The fourth-order valence-corrected chi connectivity index (χ4v) is 2.37. The summed E-state index contributed by atoms with van der Waals surface area (Å²) in [5.41, 5.74) is -0.694. The van der Waals surface area contributed by atoms with Gasteiger partial charge >= 0.3 is 5.97 Å². The molecule has 0 saturated heterocycles. The van der Waals surface area contributed by atoms with E-state index in [1.165, 1.54) is 7.11 Å². The van der Waals surface area contributed by atoms with Crippen LogP contribution < -0.4 is 0 Å². The summed E-state index contributed by atoms with van der Waals surface area (Å²) in [5.74, 6) is 1.13. The van der Waals surface area contributed by atoms with Crippen LogP contribution in [0.3, 0.4) is 0 Å². The minimum atomic E-state index is -0.694. The van der Waals surface area contributed by atoms with E-state index in [4.69, 9.17) is 14.0 Å². The Kier molecular flexibility index (Phi) is 3.05. The first-order valence-electron chi connectivity index (χ1n) is 6.75. The molecular formula is C13H18N2O4. The van der Waals surface area contributed by atoms with Gasteiger partial charge in [0.05, 0.1) is 7.11 Å². The van der Waals surface area contributed by atoms with Crippen molar-refractivity contribution >= 4 is 5.97 Å². The van der Waals surface area contributed by atoms with Crippen LogP contribution in [0.2, 0.25) is 0 Å². The highest BCUT2D eigenvalue weighted by atomic mass is 16.5. The highest BCUT2D eigenvalue weighted by Crippen LogP contribution is 2.49. The molecule has 1 aromatic rings. The number of nitrogens with zero attached hydrogens (tertiary/aromatic N) is 2. The van der Waals surface area contributed by atoms with E-state index in [0.717, 1.165) is 12.8 Å². The Balaban J connectivity index is 1.81. The van der Waals surface area contributed by atoms with Gasteiger partial charge in [0.15, 0.2) is 0 Å². The first-order valence-corrected chi connectivity index (χ1v) is 6.75. The van der Waals surface area contributed by atoms with E-state index in [0.29, 0.717) is 37.1 Å². The van der Waals surface area contributed by atoms with Gasteiger partial charge < -0.3 is 14.0 Å². The second-order valence-corrected chi connectivity index (χ2v) is 5.24. The third kappa shape index (κ3) is 2.14. The van der Waals surface area contributed by atoms with E-state index in [2.05, 4.69) is 10.1 Å². The zero-order valence-electron chi connectivity index (χ0n) is 11.2. The molecule has 0 bridgehead atoms. The van der Waals surface area contributed by atoms with Gasteiger partial charge in [-0.15, -0.1) is 0 Å². The Hall–Kier alpha value is -1.43. The summed E-state index contributed by atoms with van der Waals surface area (Å²) in [6.45, 7) is 2.57. The number of esters is 1. The van der Waals surface area contributed by atoms with Gasteiger partial charge in [-0.2, -0.15) is 4.98 Å². The third-order valence-electron chi connectivity index (χ3n) is 3.83. The van der Waals surface area contributed by atoms with Crippen molar-refractivity contribution in [2.45, 2.75) is 44.1 Å². The van der Waals surface area contributed by atoms with E-state index in [-0.39, 0.29) is 12.1 Å². The van der Waals surface area contributed by atoms with Crippen LogP contribution in [0.1, 0.15) is 50.4 Å². The van der Waals surface area contributed by atoms with Gasteiger partial charge in [-0.25, -0.2) is 0 Å². The molecule has 0 radical (unpaired) electrons. The molecule has 2 aliphatic carbocycles. The van der Waals surface area contributed by atoms with Crippen molar-refractivity contribution in [1.29, 1.82) is 0 Å². The Morgan fingerprint density at radius 2 is 2.26 bits per heavy atom. The molecule has 1 aromatic heterocycles. The van der Waals surface area contributed by atoms with Gasteiger partial charge in [0.1, 0.15) is 11.5 Å². The summed E-state index contributed by atoms with van der Waals surface area (Å²) < 4.78 is 15.8. The molecule has 0 N–H and O–H groups in total. The number of hydrogen-bond donors (Lipinski definition) is 0. The lowest BCUT2D eigenvalue weighted by Gasteiger charge is -2.11. The fourth-order valence-electron chi connectivity index (χ4n) is 2.37. The van der Waals surface area contributed by atoms with Crippen LogP contribution in [-0.4, -0.2) is 29.8 Å². The molecule has 2 saturated carbocycles. The zero-order valence-corrected chi connectivity index (χ0v) is 11.2. The summed E-state index contributed by atoms with van der Waals surface area (Å²) >= 11 is 0. The van der Waals surface area contributed by atoms with E-state index in [1.54, 1.807) is 0 Å². The van der Waals surface area contributed by atoms with Crippen LogP contribution in [0.15, 0.2) is 4.52 Å². The standard InChI is InChI=1S/C13H18N2O4/c1-3-18-9(8-4-5-8)10-14-11(19-15-10)13(6-7-13)12(16)17-2/h8-9H,3-7H2,1-2H3. The van der Waals surface area contributed by atoms with Gasteiger partial charge in [0.25, 0.3) is 0 Å². The van der Waals surface area contributed by atoms with E-state index in [1.807, 2.05) is 6.92 Å². The first kappa shape index (κ1) is 12.6. The Labute approximate surface area is 111 Å². The van der Waals surface area contributed by atoms with Crippen LogP contribution in [-0.2, 0) is 19.7 Å². The lowest BCUT2D eigenvalue weighted by atomic mass is 10.1. The van der Waals surface area contributed by atoms with Crippen molar-refractivity contribution in [3.63, 3.8) is 0 Å². The minimum absolute atomic E-state index is 0.101. The molecule has 0 aromatic carbocycles. The van der Waals surface area contributed by atoms with Crippen LogP contribution in [0.5, 0.6) is 0 Å². The van der Waals surface area contributed by atoms with Crippen LogP contribution >= 0.6 is 0 Å². The van der Waals surface area contributed by atoms with Gasteiger partial charge in [-0.1, -0.05) is 5.16 Å². The number of carbonyl (C=O) groups is 1. The van der Waals surface area contributed by atoms with Gasteiger partial charge in [0.2, 0.25) is 11.7 Å². The monoisotopic (exact) mass is 266 g/mol. The maximum Gasteiger partial charge on any atom is 0.321 e. The number of aromatic nitrogens is 2.